The van der Waals surface area contributed by atoms with Gasteiger partial charge in [0.05, 0.1) is 0 Å². The Bertz CT molecular complexity index is 1140. The number of nitrogens with zero attached hydrogens (tertiary/aromatic N) is 1. The van der Waals surface area contributed by atoms with E-state index < -0.39 is 11.7 Å². The first-order chi connectivity index (χ1) is 14.5. The van der Waals surface area contributed by atoms with Gasteiger partial charge in [-0.1, -0.05) is 50.1 Å². The van der Waals surface area contributed by atoms with Gasteiger partial charge >= 0.3 is 0 Å². The molecule has 3 rings (SSSR count). The van der Waals surface area contributed by atoms with E-state index in [-0.39, 0.29) is 5.57 Å². The molecule has 0 bridgehead atoms. The number of benzene rings is 3. The first-order valence-electron chi connectivity index (χ1n) is 8.81. The lowest BCUT2D eigenvalue weighted by atomic mass is 10.1. The molecule has 3 aromatic carbocycles. The fraction of sp³-hybridized carbons (Fsp3) is 0.0435. The molecule has 0 aliphatic heterocycles. The van der Waals surface area contributed by atoms with Gasteiger partial charge in [-0.15, -0.1) is 0 Å². The zero-order chi connectivity index (χ0) is 21.5. The molecule has 0 unspecified atom stereocenters. The highest BCUT2D eigenvalue weighted by Gasteiger charge is 2.12. The number of nitriles is 1. The average molecular weight is 530 g/mol. The number of hydrogen-bond acceptors (Lipinski definition) is 3. The maximum atomic E-state index is 13.0. The highest BCUT2D eigenvalue weighted by atomic mass is 79.9. The standard InChI is InChI=1S/C23H15Br2FN2O2/c24-18-5-10-22(30-14-15-3-1-2-4-21(15)25)16(12-18)11-17(13-27)23(29)28-20-8-6-19(26)7-9-20/h1-12H,14H2,(H,28,29)/b17-11+. The van der Waals surface area contributed by atoms with Gasteiger partial charge in [0.2, 0.25) is 0 Å². The lowest BCUT2D eigenvalue weighted by Crippen LogP contribution is -2.13. The van der Waals surface area contributed by atoms with Crippen LogP contribution in [0.25, 0.3) is 6.08 Å². The Balaban J connectivity index is 1.83. The van der Waals surface area contributed by atoms with Crippen LogP contribution in [0.4, 0.5) is 10.1 Å². The quantitative estimate of drug-likeness (QED) is 0.294. The number of nitrogens with one attached hydrogen (secondary N) is 1. The summed E-state index contributed by atoms with van der Waals surface area (Å²) in [6.45, 7) is 0.313. The minimum absolute atomic E-state index is 0.108. The number of amides is 1. The summed E-state index contributed by atoms with van der Waals surface area (Å²) < 4.78 is 20.7. The van der Waals surface area contributed by atoms with Crippen molar-refractivity contribution in [2.75, 3.05) is 5.32 Å². The smallest absolute Gasteiger partial charge is 0.266 e. The molecule has 3 aromatic rings. The number of carbonyl (C=O) groups excluding carboxylic acids is 1. The van der Waals surface area contributed by atoms with Crippen molar-refractivity contribution in [2.24, 2.45) is 0 Å². The lowest BCUT2D eigenvalue weighted by Gasteiger charge is -2.11. The number of rotatable bonds is 6. The van der Waals surface area contributed by atoms with Crippen molar-refractivity contribution in [1.82, 2.24) is 0 Å². The Labute approximate surface area is 190 Å². The van der Waals surface area contributed by atoms with E-state index in [2.05, 4.69) is 37.2 Å². The van der Waals surface area contributed by atoms with E-state index in [0.29, 0.717) is 23.6 Å². The number of carbonyl (C=O) groups is 1. The van der Waals surface area contributed by atoms with Crippen molar-refractivity contribution < 1.29 is 13.9 Å². The van der Waals surface area contributed by atoms with Gasteiger partial charge in [0.15, 0.2) is 0 Å². The molecule has 0 atom stereocenters. The molecule has 0 aromatic heterocycles. The van der Waals surface area contributed by atoms with Crippen LogP contribution < -0.4 is 10.1 Å². The molecule has 150 valence electrons. The van der Waals surface area contributed by atoms with Crippen LogP contribution in [-0.4, -0.2) is 5.91 Å². The summed E-state index contributed by atoms with van der Waals surface area (Å²) in [6, 6.07) is 20.3. The van der Waals surface area contributed by atoms with Crippen LogP contribution in [0, 0.1) is 17.1 Å². The van der Waals surface area contributed by atoms with E-state index in [4.69, 9.17) is 4.74 Å². The van der Waals surface area contributed by atoms with Gasteiger partial charge in [0.1, 0.15) is 29.8 Å². The molecule has 0 aliphatic rings. The summed E-state index contributed by atoms with van der Waals surface area (Å²) in [5.41, 5.74) is 1.82. The van der Waals surface area contributed by atoms with Crippen LogP contribution in [0.3, 0.4) is 0 Å². The normalized spacial score (nSPS) is 10.9. The van der Waals surface area contributed by atoms with Gasteiger partial charge in [-0.2, -0.15) is 5.26 Å². The molecule has 1 N–H and O–H groups in total. The molecule has 0 saturated carbocycles. The Hall–Kier alpha value is -2.95. The predicted octanol–water partition coefficient (Wildman–Crippen LogP) is 6.48. The fourth-order valence-electron chi connectivity index (χ4n) is 2.57. The summed E-state index contributed by atoms with van der Waals surface area (Å²) in [6.07, 6.45) is 1.46. The Morgan fingerprint density at radius 2 is 1.83 bits per heavy atom. The van der Waals surface area contributed by atoms with Gasteiger partial charge in [0.25, 0.3) is 5.91 Å². The predicted molar refractivity (Wildman–Crippen MR) is 121 cm³/mol. The third kappa shape index (κ3) is 5.78. The number of hydrogen-bond donors (Lipinski definition) is 1. The van der Waals surface area contributed by atoms with E-state index >= 15 is 0 Å². The second-order valence-corrected chi connectivity index (χ2v) is 7.96. The molecular formula is C23H15Br2FN2O2. The maximum absolute atomic E-state index is 13.0. The van der Waals surface area contributed by atoms with E-state index in [9.17, 15) is 14.4 Å². The summed E-state index contributed by atoms with van der Waals surface area (Å²) in [5, 5.41) is 12.1. The van der Waals surface area contributed by atoms with Gasteiger partial charge in [-0.05, 0) is 54.6 Å². The fourth-order valence-corrected chi connectivity index (χ4v) is 3.35. The second-order valence-electron chi connectivity index (χ2n) is 6.19. The van der Waals surface area contributed by atoms with Crippen molar-refractivity contribution in [1.29, 1.82) is 5.26 Å². The topological polar surface area (TPSA) is 62.1 Å². The zero-order valence-corrected chi connectivity index (χ0v) is 18.7. The zero-order valence-electron chi connectivity index (χ0n) is 15.5. The minimum Gasteiger partial charge on any atom is -0.488 e. The molecule has 0 radical (unpaired) electrons. The van der Waals surface area contributed by atoms with Crippen LogP contribution in [0.15, 0.2) is 81.2 Å². The van der Waals surface area contributed by atoms with Crippen LogP contribution in [0.5, 0.6) is 5.75 Å². The molecule has 1 amide bonds. The molecular weight excluding hydrogens is 515 g/mol. The monoisotopic (exact) mass is 528 g/mol. The largest absolute Gasteiger partial charge is 0.488 e. The number of halogens is 3. The van der Waals surface area contributed by atoms with Gasteiger partial charge in [-0.25, -0.2) is 4.39 Å². The Kier molecular flexibility index (Phi) is 7.39. The molecule has 0 aliphatic carbocycles. The highest BCUT2D eigenvalue weighted by Crippen LogP contribution is 2.27. The Morgan fingerprint density at radius 3 is 2.53 bits per heavy atom. The van der Waals surface area contributed by atoms with Gasteiger partial charge in [0, 0.05) is 25.8 Å². The first kappa shape index (κ1) is 21.8. The number of ether oxygens (including phenoxy) is 1. The summed E-state index contributed by atoms with van der Waals surface area (Å²) in [7, 11) is 0. The third-order valence-electron chi connectivity index (χ3n) is 4.08. The molecule has 0 fully saturated rings. The lowest BCUT2D eigenvalue weighted by molar-refractivity contribution is -0.112. The van der Waals surface area contributed by atoms with Crippen LogP contribution in [0.1, 0.15) is 11.1 Å². The van der Waals surface area contributed by atoms with Gasteiger partial charge < -0.3 is 10.1 Å². The van der Waals surface area contributed by atoms with Crippen molar-refractivity contribution in [2.45, 2.75) is 6.61 Å². The van der Waals surface area contributed by atoms with E-state index in [1.807, 2.05) is 36.4 Å². The van der Waals surface area contributed by atoms with Crippen molar-refractivity contribution in [3.05, 3.63) is 98.2 Å². The summed E-state index contributed by atoms with van der Waals surface area (Å²) in [4.78, 5) is 12.5. The molecule has 0 spiro atoms. The Morgan fingerprint density at radius 1 is 1.10 bits per heavy atom. The van der Waals surface area contributed by atoms with E-state index in [0.717, 1.165) is 14.5 Å². The average Bonchev–Trinajstić information content (AvgIpc) is 2.74. The summed E-state index contributed by atoms with van der Waals surface area (Å²) >= 11 is 6.89. The van der Waals surface area contributed by atoms with Crippen molar-refractivity contribution in [3.63, 3.8) is 0 Å². The van der Waals surface area contributed by atoms with Gasteiger partial charge in [-0.3, -0.25) is 4.79 Å². The molecule has 4 nitrogen and oxygen atoms in total. The molecule has 30 heavy (non-hydrogen) atoms. The van der Waals surface area contributed by atoms with E-state index in [1.165, 1.54) is 30.3 Å². The first-order valence-corrected chi connectivity index (χ1v) is 10.4. The molecule has 0 saturated heterocycles. The maximum Gasteiger partial charge on any atom is 0.266 e. The van der Waals surface area contributed by atoms with Crippen LogP contribution >= 0.6 is 31.9 Å². The van der Waals surface area contributed by atoms with Crippen LogP contribution in [-0.2, 0) is 11.4 Å². The summed E-state index contributed by atoms with van der Waals surface area (Å²) in [5.74, 6) is -0.484. The molecule has 0 heterocycles. The van der Waals surface area contributed by atoms with E-state index in [1.54, 1.807) is 12.1 Å². The third-order valence-corrected chi connectivity index (χ3v) is 5.35. The van der Waals surface area contributed by atoms with Crippen molar-refractivity contribution >= 4 is 49.5 Å². The van der Waals surface area contributed by atoms with Crippen molar-refractivity contribution in [3.8, 4) is 11.8 Å². The highest BCUT2D eigenvalue weighted by molar-refractivity contribution is 9.10. The molecule has 7 heteroatoms. The number of anilines is 1. The second kappa shape index (κ2) is 10.2. The van der Waals surface area contributed by atoms with Crippen LogP contribution in [0.2, 0.25) is 0 Å². The minimum atomic E-state index is -0.596. The SMILES string of the molecule is N#C/C(=C\c1cc(Br)ccc1OCc1ccccc1Br)C(=O)Nc1ccc(F)cc1.